The van der Waals surface area contributed by atoms with E-state index in [0.29, 0.717) is 11.5 Å². The van der Waals surface area contributed by atoms with Gasteiger partial charge in [-0.2, -0.15) is 5.10 Å². The number of aromatic amines is 1. The Bertz CT molecular complexity index is 730. The summed E-state index contributed by atoms with van der Waals surface area (Å²) in [5.41, 5.74) is 8.64. The van der Waals surface area contributed by atoms with Crippen LogP contribution in [-0.2, 0) is 0 Å². The molecule has 6 heteroatoms. The second kappa shape index (κ2) is 3.35. The van der Waals surface area contributed by atoms with Crippen LogP contribution >= 0.6 is 0 Å². The standard InChI is InChI=1S/C11H8N6/c1-13-8-5-16-17(11(8)12)9-4-2-3-7-10(9)15-6-14-7/h2-6H,12H2,(H,14,15). The number of rotatable bonds is 1. The van der Waals surface area contributed by atoms with Crippen LogP contribution in [0.3, 0.4) is 0 Å². The highest BCUT2D eigenvalue weighted by molar-refractivity contribution is 5.84. The van der Waals surface area contributed by atoms with Crippen LogP contribution in [0.2, 0.25) is 0 Å². The second-order valence-electron chi connectivity index (χ2n) is 3.51. The molecule has 3 rings (SSSR count). The first kappa shape index (κ1) is 9.42. The zero-order valence-corrected chi connectivity index (χ0v) is 8.75. The van der Waals surface area contributed by atoms with Crippen LogP contribution in [0, 0.1) is 6.57 Å². The van der Waals surface area contributed by atoms with Crippen LogP contribution in [0.1, 0.15) is 0 Å². The summed E-state index contributed by atoms with van der Waals surface area (Å²) < 4.78 is 1.52. The van der Waals surface area contributed by atoms with Crippen LogP contribution in [-0.4, -0.2) is 19.7 Å². The number of nitrogens with two attached hydrogens (primary N) is 1. The summed E-state index contributed by atoms with van der Waals surface area (Å²) in [5, 5.41) is 4.11. The molecule has 6 nitrogen and oxygen atoms in total. The first-order valence-corrected chi connectivity index (χ1v) is 4.94. The molecule has 0 amide bonds. The quantitative estimate of drug-likeness (QED) is 0.619. The Morgan fingerprint density at radius 1 is 1.41 bits per heavy atom. The molecular weight excluding hydrogens is 216 g/mol. The molecule has 1 aromatic carbocycles. The van der Waals surface area contributed by atoms with Gasteiger partial charge in [-0.25, -0.2) is 14.5 Å². The van der Waals surface area contributed by atoms with Crippen LogP contribution in [0.25, 0.3) is 21.6 Å². The number of para-hydroxylation sites is 1. The van der Waals surface area contributed by atoms with Crippen molar-refractivity contribution in [2.45, 2.75) is 0 Å². The van der Waals surface area contributed by atoms with Gasteiger partial charge in [0.25, 0.3) is 0 Å². The Kier molecular flexibility index (Phi) is 1.86. The maximum Gasteiger partial charge on any atom is 0.247 e. The molecule has 0 fully saturated rings. The smallest absolute Gasteiger partial charge is 0.247 e. The van der Waals surface area contributed by atoms with E-state index in [4.69, 9.17) is 12.3 Å². The van der Waals surface area contributed by atoms with Gasteiger partial charge in [-0.15, -0.1) is 0 Å². The molecule has 82 valence electrons. The lowest BCUT2D eigenvalue weighted by molar-refractivity contribution is 0.896. The fourth-order valence-corrected chi connectivity index (χ4v) is 1.75. The van der Waals surface area contributed by atoms with Crippen molar-refractivity contribution < 1.29 is 0 Å². The maximum absolute atomic E-state index is 6.96. The molecule has 0 saturated carbocycles. The van der Waals surface area contributed by atoms with Crippen molar-refractivity contribution in [1.82, 2.24) is 19.7 Å². The zero-order chi connectivity index (χ0) is 11.8. The Morgan fingerprint density at radius 3 is 3.06 bits per heavy atom. The molecule has 2 aromatic heterocycles. The molecule has 2 heterocycles. The number of H-pyrrole nitrogens is 1. The molecule has 0 spiro atoms. The third kappa shape index (κ3) is 1.26. The molecule has 0 saturated heterocycles. The highest BCUT2D eigenvalue weighted by atomic mass is 15.3. The summed E-state index contributed by atoms with van der Waals surface area (Å²) in [7, 11) is 0. The van der Waals surface area contributed by atoms with Crippen LogP contribution < -0.4 is 5.73 Å². The summed E-state index contributed by atoms with van der Waals surface area (Å²) in [6.07, 6.45) is 3.07. The number of benzene rings is 1. The molecule has 0 aliphatic carbocycles. The minimum Gasteiger partial charge on any atom is -0.392 e. The van der Waals surface area contributed by atoms with Gasteiger partial charge in [0, 0.05) is 0 Å². The van der Waals surface area contributed by atoms with Crippen molar-refractivity contribution in [3.63, 3.8) is 0 Å². The lowest BCUT2D eigenvalue weighted by Crippen LogP contribution is -2.02. The van der Waals surface area contributed by atoms with Crippen molar-refractivity contribution in [1.29, 1.82) is 0 Å². The summed E-state index contributed by atoms with van der Waals surface area (Å²) in [5.74, 6) is 0.329. The minimum atomic E-state index is 0.329. The highest BCUT2D eigenvalue weighted by Gasteiger charge is 2.12. The fourth-order valence-electron chi connectivity index (χ4n) is 1.75. The lowest BCUT2D eigenvalue weighted by Gasteiger charge is -2.04. The van der Waals surface area contributed by atoms with E-state index >= 15 is 0 Å². The molecule has 3 N–H and O–H groups in total. The van der Waals surface area contributed by atoms with Gasteiger partial charge in [-0.3, -0.25) is 0 Å². The Hall–Kier alpha value is -2.81. The van der Waals surface area contributed by atoms with Gasteiger partial charge in [0.05, 0.1) is 30.3 Å². The van der Waals surface area contributed by atoms with Gasteiger partial charge >= 0.3 is 0 Å². The number of hydrogen-bond donors (Lipinski definition) is 2. The number of imidazole rings is 1. The second-order valence-corrected chi connectivity index (χ2v) is 3.51. The molecule has 3 aromatic rings. The summed E-state index contributed by atoms with van der Waals surface area (Å²) >= 11 is 0. The third-order valence-corrected chi connectivity index (χ3v) is 2.56. The van der Waals surface area contributed by atoms with Crippen LogP contribution in [0.4, 0.5) is 11.5 Å². The summed E-state index contributed by atoms with van der Waals surface area (Å²) in [4.78, 5) is 10.5. The zero-order valence-electron chi connectivity index (χ0n) is 8.75. The first-order chi connectivity index (χ1) is 8.31. The highest BCUT2D eigenvalue weighted by Crippen LogP contribution is 2.27. The number of fused-ring (bicyclic) bond motifs is 1. The van der Waals surface area contributed by atoms with E-state index in [1.54, 1.807) is 6.33 Å². The largest absolute Gasteiger partial charge is 0.392 e. The maximum atomic E-state index is 6.96. The Labute approximate surface area is 96.5 Å². The predicted molar refractivity (Wildman–Crippen MR) is 63.9 cm³/mol. The van der Waals surface area contributed by atoms with Crippen LogP contribution in [0.15, 0.2) is 30.7 Å². The number of nitrogens with zero attached hydrogens (tertiary/aromatic N) is 4. The van der Waals surface area contributed by atoms with Gasteiger partial charge in [0.1, 0.15) is 11.3 Å². The topological polar surface area (TPSA) is 76.9 Å². The van der Waals surface area contributed by atoms with Crippen molar-refractivity contribution in [2.24, 2.45) is 0 Å². The van der Waals surface area contributed by atoms with Gasteiger partial charge in [0.15, 0.2) is 0 Å². The lowest BCUT2D eigenvalue weighted by atomic mass is 10.2. The van der Waals surface area contributed by atoms with Gasteiger partial charge in [-0.05, 0) is 12.1 Å². The Morgan fingerprint density at radius 2 is 2.29 bits per heavy atom. The fraction of sp³-hybridized carbons (Fsp3) is 0. The van der Waals surface area contributed by atoms with Gasteiger partial charge in [-0.1, -0.05) is 6.07 Å². The van der Waals surface area contributed by atoms with E-state index in [0.717, 1.165) is 16.7 Å². The molecule has 0 atom stereocenters. The van der Waals surface area contributed by atoms with Crippen molar-refractivity contribution in [3.05, 3.63) is 42.1 Å². The summed E-state index contributed by atoms with van der Waals surface area (Å²) in [6.45, 7) is 6.96. The molecule has 0 aliphatic heterocycles. The molecule has 0 radical (unpaired) electrons. The number of nitrogen functional groups attached to an aromatic ring is 1. The minimum absolute atomic E-state index is 0.329. The number of anilines is 1. The monoisotopic (exact) mass is 224 g/mol. The number of hydrogen-bond acceptors (Lipinski definition) is 3. The number of nitrogens with one attached hydrogen (secondary N) is 1. The number of aromatic nitrogens is 4. The van der Waals surface area contributed by atoms with E-state index in [1.807, 2.05) is 18.2 Å². The van der Waals surface area contributed by atoms with E-state index in [2.05, 4.69) is 19.9 Å². The third-order valence-electron chi connectivity index (χ3n) is 2.56. The summed E-state index contributed by atoms with van der Waals surface area (Å²) in [6, 6.07) is 5.66. The van der Waals surface area contributed by atoms with E-state index in [1.165, 1.54) is 10.9 Å². The average Bonchev–Trinajstić information content (AvgIpc) is 2.94. The average molecular weight is 224 g/mol. The van der Waals surface area contributed by atoms with Crippen molar-refractivity contribution in [3.8, 4) is 5.69 Å². The molecule has 17 heavy (non-hydrogen) atoms. The van der Waals surface area contributed by atoms with Crippen molar-refractivity contribution >= 4 is 22.5 Å². The van der Waals surface area contributed by atoms with E-state index < -0.39 is 0 Å². The van der Waals surface area contributed by atoms with Gasteiger partial charge in [0.2, 0.25) is 5.69 Å². The first-order valence-electron chi connectivity index (χ1n) is 4.94. The molecular formula is C11H8N6. The molecule has 0 bridgehead atoms. The van der Waals surface area contributed by atoms with E-state index in [9.17, 15) is 0 Å². The van der Waals surface area contributed by atoms with E-state index in [-0.39, 0.29) is 0 Å². The van der Waals surface area contributed by atoms with Gasteiger partial charge < -0.3 is 10.7 Å². The molecule has 0 aliphatic rings. The molecule has 0 unspecified atom stereocenters. The van der Waals surface area contributed by atoms with Crippen molar-refractivity contribution in [2.75, 3.05) is 5.73 Å². The van der Waals surface area contributed by atoms with Crippen LogP contribution in [0.5, 0.6) is 0 Å². The predicted octanol–water partition coefficient (Wildman–Crippen LogP) is 1.88. The Balaban J connectivity index is 2.31. The normalized spacial score (nSPS) is 10.5. The SMILES string of the molecule is [C-]#[N+]c1cnn(-c2cccc3[nH]cnc23)c1N.